The fourth-order valence-electron chi connectivity index (χ4n) is 1.53. The monoisotopic (exact) mass is 254 g/mol. The molecule has 0 aliphatic rings. The van der Waals surface area contributed by atoms with Crippen LogP contribution in [-0.2, 0) is 0 Å². The van der Waals surface area contributed by atoms with E-state index < -0.39 is 16.4 Å². The van der Waals surface area contributed by atoms with Crippen LogP contribution in [0.25, 0.3) is 0 Å². The molecule has 1 aromatic carbocycles. The summed E-state index contributed by atoms with van der Waals surface area (Å²) in [4.78, 5) is 10.0. The van der Waals surface area contributed by atoms with Gasteiger partial charge < -0.3 is 10.1 Å². The molecule has 1 unspecified atom stereocenters. The SMILES string of the molecule is C=CCC(C)Nc1cc(OC)c([N+](=O)[O-])cc1F. The Bertz CT molecular complexity index is 463. The van der Waals surface area contributed by atoms with Crippen LogP contribution in [-0.4, -0.2) is 18.1 Å². The molecule has 1 N–H and O–H groups in total. The second-order valence-electron chi connectivity index (χ2n) is 3.83. The van der Waals surface area contributed by atoms with Crippen molar-refractivity contribution in [3.63, 3.8) is 0 Å². The van der Waals surface area contributed by atoms with Crippen LogP contribution in [0.15, 0.2) is 24.8 Å². The van der Waals surface area contributed by atoms with E-state index in [1.165, 1.54) is 13.2 Å². The first-order valence-electron chi connectivity index (χ1n) is 5.39. The highest BCUT2D eigenvalue weighted by Gasteiger charge is 2.19. The Morgan fingerprint density at radius 3 is 2.83 bits per heavy atom. The topological polar surface area (TPSA) is 64.4 Å². The number of hydrogen-bond donors (Lipinski definition) is 1. The molecule has 0 spiro atoms. The van der Waals surface area contributed by atoms with Crippen LogP contribution in [0.4, 0.5) is 15.8 Å². The number of halogens is 1. The highest BCUT2D eigenvalue weighted by molar-refractivity contribution is 5.59. The van der Waals surface area contributed by atoms with Gasteiger partial charge in [-0.3, -0.25) is 10.1 Å². The van der Waals surface area contributed by atoms with Gasteiger partial charge in [-0.1, -0.05) is 6.08 Å². The van der Waals surface area contributed by atoms with Gasteiger partial charge in [-0.15, -0.1) is 6.58 Å². The Labute approximate surface area is 104 Å². The molecule has 18 heavy (non-hydrogen) atoms. The smallest absolute Gasteiger partial charge is 0.313 e. The highest BCUT2D eigenvalue weighted by Crippen LogP contribution is 2.32. The van der Waals surface area contributed by atoms with E-state index in [4.69, 9.17) is 4.74 Å². The third kappa shape index (κ3) is 3.19. The molecule has 1 atom stereocenters. The summed E-state index contributed by atoms with van der Waals surface area (Å²) in [7, 11) is 1.30. The van der Waals surface area contributed by atoms with E-state index in [2.05, 4.69) is 11.9 Å². The minimum Gasteiger partial charge on any atom is -0.490 e. The van der Waals surface area contributed by atoms with E-state index in [9.17, 15) is 14.5 Å². The molecule has 0 aromatic heterocycles. The minimum atomic E-state index is -0.682. The van der Waals surface area contributed by atoms with E-state index in [0.717, 1.165) is 6.07 Å². The van der Waals surface area contributed by atoms with Crippen molar-refractivity contribution in [3.8, 4) is 5.75 Å². The number of nitrogens with zero attached hydrogens (tertiary/aromatic N) is 1. The van der Waals surface area contributed by atoms with Gasteiger partial charge in [0.15, 0.2) is 11.6 Å². The van der Waals surface area contributed by atoms with Crippen LogP contribution in [0.2, 0.25) is 0 Å². The van der Waals surface area contributed by atoms with E-state index in [1.54, 1.807) is 6.08 Å². The number of nitro benzene ring substituents is 1. The summed E-state index contributed by atoms with van der Waals surface area (Å²) in [5, 5.41) is 13.6. The predicted octanol–water partition coefficient (Wildman–Crippen LogP) is 3.12. The van der Waals surface area contributed by atoms with Gasteiger partial charge in [0.1, 0.15) is 0 Å². The molecule has 0 saturated heterocycles. The maximum atomic E-state index is 13.7. The minimum absolute atomic E-state index is 0.0229. The molecule has 1 aromatic rings. The van der Waals surface area contributed by atoms with Crippen LogP contribution < -0.4 is 10.1 Å². The number of nitrogens with one attached hydrogen (secondary N) is 1. The van der Waals surface area contributed by atoms with Crippen LogP contribution >= 0.6 is 0 Å². The van der Waals surface area contributed by atoms with Crippen molar-refractivity contribution in [1.82, 2.24) is 0 Å². The lowest BCUT2D eigenvalue weighted by Gasteiger charge is -2.14. The third-order valence-corrected chi connectivity index (χ3v) is 2.39. The average Bonchev–Trinajstić information content (AvgIpc) is 2.31. The maximum absolute atomic E-state index is 13.7. The zero-order chi connectivity index (χ0) is 13.7. The molecular weight excluding hydrogens is 239 g/mol. The molecule has 0 fully saturated rings. The summed E-state index contributed by atoms with van der Waals surface area (Å²) in [6.45, 7) is 5.44. The van der Waals surface area contributed by atoms with Gasteiger partial charge in [-0.05, 0) is 13.3 Å². The lowest BCUT2D eigenvalue weighted by molar-refractivity contribution is -0.385. The number of methoxy groups -OCH3 is 1. The fraction of sp³-hybridized carbons (Fsp3) is 0.333. The Kier molecular flexibility index (Phi) is 4.65. The van der Waals surface area contributed by atoms with E-state index in [1.807, 2.05) is 6.92 Å². The van der Waals surface area contributed by atoms with Crippen molar-refractivity contribution in [3.05, 3.63) is 40.7 Å². The number of rotatable bonds is 6. The Balaban J connectivity index is 3.07. The van der Waals surface area contributed by atoms with E-state index in [0.29, 0.717) is 6.42 Å². The van der Waals surface area contributed by atoms with Gasteiger partial charge in [0.2, 0.25) is 0 Å². The molecule has 0 aliphatic heterocycles. The first-order valence-corrected chi connectivity index (χ1v) is 5.39. The molecule has 0 aliphatic carbocycles. The molecule has 0 amide bonds. The first kappa shape index (κ1) is 14.0. The largest absolute Gasteiger partial charge is 0.490 e. The van der Waals surface area contributed by atoms with Crippen molar-refractivity contribution in [1.29, 1.82) is 0 Å². The van der Waals surface area contributed by atoms with Gasteiger partial charge in [-0.2, -0.15) is 0 Å². The molecule has 1 rings (SSSR count). The Morgan fingerprint density at radius 1 is 1.67 bits per heavy atom. The normalized spacial score (nSPS) is 11.7. The fourth-order valence-corrected chi connectivity index (χ4v) is 1.53. The van der Waals surface area contributed by atoms with Gasteiger partial charge in [0.25, 0.3) is 0 Å². The highest BCUT2D eigenvalue weighted by atomic mass is 19.1. The zero-order valence-corrected chi connectivity index (χ0v) is 10.3. The maximum Gasteiger partial charge on any atom is 0.313 e. The summed E-state index contributed by atoms with van der Waals surface area (Å²) < 4.78 is 18.6. The lowest BCUT2D eigenvalue weighted by atomic mass is 10.2. The third-order valence-electron chi connectivity index (χ3n) is 2.39. The molecule has 0 saturated carbocycles. The molecule has 6 heteroatoms. The molecule has 0 radical (unpaired) electrons. The number of ether oxygens (including phenoxy) is 1. The summed E-state index contributed by atoms with van der Waals surface area (Å²) in [6.07, 6.45) is 2.36. The van der Waals surface area contributed by atoms with Crippen molar-refractivity contribution >= 4 is 11.4 Å². The number of hydrogen-bond acceptors (Lipinski definition) is 4. The van der Waals surface area contributed by atoms with Crippen molar-refractivity contribution < 1.29 is 14.1 Å². The van der Waals surface area contributed by atoms with Crippen LogP contribution in [0.3, 0.4) is 0 Å². The molecular formula is C12H15FN2O3. The number of nitro groups is 1. The quantitative estimate of drug-likeness (QED) is 0.481. The van der Waals surface area contributed by atoms with Crippen molar-refractivity contribution in [2.45, 2.75) is 19.4 Å². The molecule has 98 valence electrons. The van der Waals surface area contributed by atoms with Gasteiger partial charge in [0, 0.05) is 12.1 Å². The molecule has 5 nitrogen and oxygen atoms in total. The summed E-state index contributed by atoms with van der Waals surface area (Å²) in [5.41, 5.74) is -0.219. The van der Waals surface area contributed by atoms with Crippen LogP contribution in [0, 0.1) is 15.9 Å². The summed E-state index contributed by atoms with van der Waals surface area (Å²) in [5.74, 6) is -0.659. The average molecular weight is 254 g/mol. The Hall–Kier alpha value is -2.11. The number of benzene rings is 1. The van der Waals surface area contributed by atoms with Crippen molar-refractivity contribution in [2.75, 3.05) is 12.4 Å². The van der Waals surface area contributed by atoms with Gasteiger partial charge >= 0.3 is 5.69 Å². The summed E-state index contributed by atoms with van der Waals surface area (Å²) in [6, 6.07) is 2.11. The van der Waals surface area contributed by atoms with Crippen molar-refractivity contribution in [2.24, 2.45) is 0 Å². The summed E-state index contributed by atoms with van der Waals surface area (Å²) >= 11 is 0. The Morgan fingerprint density at radius 2 is 2.33 bits per heavy atom. The first-order chi connectivity index (χ1) is 8.49. The van der Waals surface area contributed by atoms with E-state index >= 15 is 0 Å². The standard InChI is InChI=1S/C12H15FN2O3/c1-4-5-8(2)14-10-7-12(18-3)11(15(16)17)6-9(10)13/h4,6-8,14H,1,5H2,2-3H3. The second-order valence-corrected chi connectivity index (χ2v) is 3.83. The van der Waals surface area contributed by atoms with Gasteiger partial charge in [-0.25, -0.2) is 4.39 Å². The second kappa shape index (κ2) is 6.00. The zero-order valence-electron chi connectivity index (χ0n) is 10.3. The number of anilines is 1. The van der Waals surface area contributed by atoms with Gasteiger partial charge in [0.05, 0.1) is 23.8 Å². The lowest BCUT2D eigenvalue weighted by Crippen LogP contribution is -2.15. The van der Waals surface area contributed by atoms with E-state index in [-0.39, 0.29) is 17.5 Å². The van der Waals surface area contributed by atoms with Crippen LogP contribution in [0.1, 0.15) is 13.3 Å². The molecule has 0 heterocycles. The van der Waals surface area contributed by atoms with Crippen LogP contribution in [0.5, 0.6) is 5.75 Å². The molecule has 0 bridgehead atoms. The predicted molar refractivity (Wildman–Crippen MR) is 67.5 cm³/mol.